The van der Waals surface area contributed by atoms with Gasteiger partial charge < -0.3 is 15.5 Å². The number of nitrogens with zero attached hydrogens (tertiary/aromatic N) is 1. The van der Waals surface area contributed by atoms with E-state index in [9.17, 15) is 14.4 Å². The zero-order valence-corrected chi connectivity index (χ0v) is 15.1. The van der Waals surface area contributed by atoms with Crippen molar-refractivity contribution >= 4 is 29.1 Å². The molecule has 0 atom stereocenters. The highest BCUT2D eigenvalue weighted by molar-refractivity contribution is 7.12. The smallest absolute Gasteiger partial charge is 0.263 e. The van der Waals surface area contributed by atoms with Gasteiger partial charge in [0.25, 0.3) is 11.8 Å². The average Bonchev–Trinajstić information content (AvgIpc) is 3.21. The van der Waals surface area contributed by atoms with Crippen LogP contribution in [-0.2, 0) is 4.79 Å². The molecular formula is C19H21N3O3S. The van der Waals surface area contributed by atoms with Gasteiger partial charge in [0.05, 0.1) is 11.4 Å². The molecule has 0 spiro atoms. The lowest BCUT2D eigenvalue weighted by Crippen LogP contribution is -2.48. The van der Waals surface area contributed by atoms with Gasteiger partial charge in [-0.1, -0.05) is 24.3 Å². The maximum Gasteiger partial charge on any atom is 0.263 e. The van der Waals surface area contributed by atoms with E-state index in [1.807, 2.05) is 28.5 Å². The first-order chi connectivity index (χ1) is 12.6. The minimum atomic E-state index is -0.267. The van der Waals surface area contributed by atoms with Gasteiger partial charge in [-0.25, -0.2) is 0 Å². The molecule has 1 aromatic carbocycles. The molecule has 26 heavy (non-hydrogen) atoms. The minimum Gasteiger partial charge on any atom is -0.352 e. The molecule has 1 saturated heterocycles. The fourth-order valence-electron chi connectivity index (χ4n) is 2.91. The van der Waals surface area contributed by atoms with Gasteiger partial charge in [-0.15, -0.1) is 11.3 Å². The SMILES string of the molecule is O=C(CNC(=O)c1ccccc1)NC1CCN(C(=O)c2cccs2)CC1. The Labute approximate surface area is 156 Å². The molecule has 7 heteroatoms. The lowest BCUT2D eigenvalue weighted by atomic mass is 10.0. The summed E-state index contributed by atoms with van der Waals surface area (Å²) >= 11 is 1.44. The number of benzene rings is 1. The zero-order chi connectivity index (χ0) is 18.4. The third kappa shape index (κ3) is 4.70. The standard InChI is InChI=1S/C19H21N3O3S/c23-17(13-20-18(24)14-5-2-1-3-6-14)21-15-8-10-22(11-9-15)19(25)16-7-4-12-26-16/h1-7,12,15H,8-11,13H2,(H,20,24)(H,21,23). The third-order valence-electron chi connectivity index (χ3n) is 4.32. The van der Waals surface area contributed by atoms with E-state index in [0.29, 0.717) is 18.7 Å². The van der Waals surface area contributed by atoms with E-state index < -0.39 is 0 Å². The Kier molecular flexibility index (Phi) is 6.01. The third-order valence-corrected chi connectivity index (χ3v) is 5.18. The number of nitrogens with one attached hydrogen (secondary N) is 2. The van der Waals surface area contributed by atoms with E-state index in [2.05, 4.69) is 10.6 Å². The fourth-order valence-corrected chi connectivity index (χ4v) is 3.60. The molecule has 2 heterocycles. The summed E-state index contributed by atoms with van der Waals surface area (Å²) < 4.78 is 0. The Morgan fingerprint density at radius 1 is 1.04 bits per heavy atom. The molecule has 0 unspecified atom stereocenters. The predicted molar refractivity (Wildman–Crippen MR) is 100 cm³/mol. The van der Waals surface area contributed by atoms with Crippen LogP contribution in [0.25, 0.3) is 0 Å². The first kappa shape index (κ1) is 18.1. The van der Waals surface area contributed by atoms with Crippen LogP contribution < -0.4 is 10.6 Å². The summed E-state index contributed by atoms with van der Waals surface area (Å²) in [4.78, 5) is 38.9. The average molecular weight is 371 g/mol. The molecule has 0 saturated carbocycles. The van der Waals surface area contributed by atoms with Crippen LogP contribution in [0.4, 0.5) is 0 Å². The highest BCUT2D eigenvalue weighted by Crippen LogP contribution is 2.17. The van der Waals surface area contributed by atoms with Crippen LogP contribution >= 0.6 is 11.3 Å². The second-order valence-corrected chi connectivity index (χ2v) is 7.11. The molecule has 3 amide bonds. The van der Waals surface area contributed by atoms with Crippen LogP contribution in [-0.4, -0.2) is 48.3 Å². The zero-order valence-electron chi connectivity index (χ0n) is 14.3. The Bertz CT molecular complexity index is 754. The van der Waals surface area contributed by atoms with Gasteiger partial charge in [0.1, 0.15) is 0 Å². The summed E-state index contributed by atoms with van der Waals surface area (Å²) in [5.74, 6) is -0.422. The normalized spacial score (nSPS) is 14.7. The van der Waals surface area contributed by atoms with Crippen molar-refractivity contribution in [2.24, 2.45) is 0 Å². The lowest BCUT2D eigenvalue weighted by Gasteiger charge is -2.32. The van der Waals surface area contributed by atoms with Gasteiger partial charge in [-0.05, 0) is 36.4 Å². The van der Waals surface area contributed by atoms with Crippen LogP contribution in [0.15, 0.2) is 47.8 Å². The van der Waals surface area contributed by atoms with Crippen LogP contribution in [0.3, 0.4) is 0 Å². The number of hydrogen-bond acceptors (Lipinski definition) is 4. The van der Waals surface area contributed by atoms with E-state index in [4.69, 9.17) is 0 Å². The molecule has 1 aromatic heterocycles. The van der Waals surface area contributed by atoms with Gasteiger partial charge in [0.2, 0.25) is 5.91 Å². The maximum absolute atomic E-state index is 12.3. The van der Waals surface area contributed by atoms with Gasteiger partial charge >= 0.3 is 0 Å². The first-order valence-electron chi connectivity index (χ1n) is 8.59. The van der Waals surface area contributed by atoms with E-state index in [0.717, 1.165) is 17.7 Å². The molecule has 0 aliphatic carbocycles. The van der Waals surface area contributed by atoms with Gasteiger partial charge in [-0.3, -0.25) is 14.4 Å². The van der Waals surface area contributed by atoms with E-state index in [1.54, 1.807) is 24.3 Å². The Balaban J connectivity index is 1.39. The quantitative estimate of drug-likeness (QED) is 0.843. The molecule has 1 aliphatic heterocycles. The minimum absolute atomic E-state index is 0.0310. The topological polar surface area (TPSA) is 78.5 Å². The maximum atomic E-state index is 12.3. The summed E-state index contributed by atoms with van der Waals surface area (Å²) in [5.41, 5.74) is 0.528. The molecule has 1 fully saturated rings. The Hall–Kier alpha value is -2.67. The monoisotopic (exact) mass is 371 g/mol. The molecule has 0 radical (unpaired) electrons. The van der Waals surface area contributed by atoms with Gasteiger partial charge in [0, 0.05) is 24.7 Å². The van der Waals surface area contributed by atoms with E-state index >= 15 is 0 Å². The number of piperidine rings is 1. The summed E-state index contributed by atoms with van der Waals surface area (Å²) in [6.45, 7) is 1.19. The van der Waals surface area contributed by atoms with Gasteiger partial charge in [0.15, 0.2) is 0 Å². The summed E-state index contributed by atoms with van der Waals surface area (Å²) in [5, 5.41) is 7.44. The highest BCUT2D eigenvalue weighted by atomic mass is 32.1. The molecule has 2 aromatic rings. The summed E-state index contributed by atoms with van der Waals surface area (Å²) in [6.07, 6.45) is 1.44. The largest absolute Gasteiger partial charge is 0.352 e. The highest BCUT2D eigenvalue weighted by Gasteiger charge is 2.25. The van der Waals surface area contributed by atoms with Crippen molar-refractivity contribution in [1.82, 2.24) is 15.5 Å². The number of carbonyl (C=O) groups excluding carboxylic acids is 3. The molecule has 6 nitrogen and oxygen atoms in total. The van der Waals surface area contributed by atoms with Crippen molar-refractivity contribution in [1.29, 1.82) is 0 Å². The van der Waals surface area contributed by atoms with Crippen molar-refractivity contribution in [3.8, 4) is 0 Å². The second-order valence-electron chi connectivity index (χ2n) is 6.16. The van der Waals surface area contributed by atoms with Crippen LogP contribution in [0.1, 0.15) is 32.9 Å². The van der Waals surface area contributed by atoms with Crippen LogP contribution in [0.2, 0.25) is 0 Å². The van der Waals surface area contributed by atoms with Gasteiger partial charge in [-0.2, -0.15) is 0 Å². The fraction of sp³-hybridized carbons (Fsp3) is 0.316. The van der Waals surface area contributed by atoms with Crippen molar-refractivity contribution in [3.63, 3.8) is 0 Å². The number of amides is 3. The van der Waals surface area contributed by atoms with E-state index in [1.165, 1.54) is 11.3 Å². The first-order valence-corrected chi connectivity index (χ1v) is 9.47. The summed E-state index contributed by atoms with van der Waals surface area (Å²) in [6, 6.07) is 12.5. The molecule has 0 bridgehead atoms. The number of hydrogen-bond donors (Lipinski definition) is 2. The van der Waals surface area contributed by atoms with Crippen molar-refractivity contribution in [2.75, 3.05) is 19.6 Å². The second kappa shape index (κ2) is 8.62. The molecule has 3 rings (SSSR count). The van der Waals surface area contributed by atoms with Crippen LogP contribution in [0, 0.1) is 0 Å². The lowest BCUT2D eigenvalue weighted by molar-refractivity contribution is -0.121. The molecular weight excluding hydrogens is 350 g/mol. The van der Waals surface area contributed by atoms with Crippen molar-refractivity contribution in [3.05, 3.63) is 58.3 Å². The Morgan fingerprint density at radius 3 is 2.42 bits per heavy atom. The molecule has 1 aliphatic rings. The molecule has 2 N–H and O–H groups in total. The Morgan fingerprint density at radius 2 is 1.77 bits per heavy atom. The predicted octanol–water partition coefficient (Wildman–Crippen LogP) is 1.90. The van der Waals surface area contributed by atoms with Crippen LogP contribution in [0.5, 0.6) is 0 Å². The number of carbonyl (C=O) groups is 3. The van der Waals surface area contributed by atoms with E-state index in [-0.39, 0.29) is 30.3 Å². The van der Waals surface area contributed by atoms with Crippen molar-refractivity contribution < 1.29 is 14.4 Å². The molecule has 136 valence electrons. The summed E-state index contributed by atoms with van der Waals surface area (Å²) in [7, 11) is 0. The number of thiophene rings is 1. The number of likely N-dealkylation sites (tertiary alicyclic amines) is 1. The number of rotatable bonds is 5. The van der Waals surface area contributed by atoms with Crippen molar-refractivity contribution in [2.45, 2.75) is 18.9 Å².